The molecule has 172 valence electrons. The van der Waals surface area contributed by atoms with Gasteiger partial charge in [-0.15, -0.1) is 10.2 Å². The van der Waals surface area contributed by atoms with E-state index in [2.05, 4.69) is 15.5 Å². The highest BCUT2D eigenvalue weighted by molar-refractivity contribution is 5.93. The first-order valence-electron chi connectivity index (χ1n) is 10.8. The number of carbonyl (C=O) groups is 1. The minimum Gasteiger partial charge on any atom is -0.476 e. The largest absolute Gasteiger partial charge is 0.476 e. The summed E-state index contributed by atoms with van der Waals surface area (Å²) in [6.45, 7) is 2.53. The van der Waals surface area contributed by atoms with E-state index >= 15 is 0 Å². The van der Waals surface area contributed by atoms with Gasteiger partial charge in [-0.2, -0.15) is 0 Å². The number of hydrogen-bond donors (Lipinski definition) is 1. The first-order valence-corrected chi connectivity index (χ1v) is 10.8. The smallest absolute Gasteiger partial charge is 0.257 e. The van der Waals surface area contributed by atoms with Gasteiger partial charge in [-0.1, -0.05) is 0 Å². The Kier molecular flexibility index (Phi) is 6.50. The molecule has 0 bridgehead atoms. The van der Waals surface area contributed by atoms with E-state index in [-0.39, 0.29) is 25.4 Å². The van der Waals surface area contributed by atoms with E-state index in [1.54, 1.807) is 48.5 Å². The molecular weight excluding hydrogens is 420 g/mol. The highest BCUT2D eigenvalue weighted by Crippen LogP contribution is 2.40. The molecule has 1 aliphatic heterocycles. The number of amides is 1. The lowest BCUT2D eigenvalue weighted by Gasteiger charge is -2.40. The van der Waals surface area contributed by atoms with Crippen molar-refractivity contribution < 1.29 is 27.9 Å². The second-order valence-corrected chi connectivity index (χ2v) is 8.41. The fourth-order valence-electron chi connectivity index (χ4n) is 3.75. The Bertz CT molecular complexity index is 922. The van der Waals surface area contributed by atoms with E-state index in [0.29, 0.717) is 29.8 Å². The third kappa shape index (κ3) is 5.29. The van der Waals surface area contributed by atoms with E-state index < -0.39 is 17.9 Å². The van der Waals surface area contributed by atoms with Crippen LogP contribution in [0.3, 0.4) is 0 Å². The van der Waals surface area contributed by atoms with E-state index in [4.69, 9.17) is 9.57 Å². The highest BCUT2D eigenvalue weighted by atomic mass is 19.3. The molecule has 2 aromatic rings. The maximum absolute atomic E-state index is 14.7. The average molecular weight is 448 g/mol. The molecule has 0 spiro atoms. The fourth-order valence-corrected chi connectivity index (χ4v) is 3.75. The van der Waals surface area contributed by atoms with Crippen molar-refractivity contribution in [3.8, 4) is 5.88 Å². The number of piperidine rings is 1. The second kappa shape index (κ2) is 9.32. The van der Waals surface area contributed by atoms with Gasteiger partial charge in [0.2, 0.25) is 24.2 Å². The summed E-state index contributed by atoms with van der Waals surface area (Å²) in [5.41, 5.74) is 0.508. The second-order valence-electron chi connectivity index (χ2n) is 8.41. The Morgan fingerprint density at radius 2 is 2.03 bits per heavy atom. The Morgan fingerprint density at radius 1 is 1.28 bits per heavy atom. The number of halogens is 2. The van der Waals surface area contributed by atoms with Crippen molar-refractivity contribution in [1.29, 1.82) is 0 Å². The number of alkyl halides is 2. The molecule has 1 amide bonds. The monoisotopic (exact) mass is 448 g/mol. The number of pyridine rings is 1. The molecule has 10 heteroatoms. The lowest BCUT2D eigenvalue weighted by molar-refractivity contribution is -0.885. The van der Waals surface area contributed by atoms with Crippen LogP contribution in [0, 0.1) is 5.92 Å². The molecule has 2 atom stereocenters. The number of nitrogens with zero attached hydrogens (tertiary/aromatic N) is 4. The molecule has 8 nitrogen and oxygen atoms in total. The summed E-state index contributed by atoms with van der Waals surface area (Å²) >= 11 is 0. The first-order chi connectivity index (χ1) is 15.4. The standard InChI is InChI=1S/C22H27F2N5O3/c1-15(21(30)25-19-5-6-20(27-26-19)32-14-16-3-4-16)28-12-9-22(23,24)18(13-28)17-7-10-29(31-2)11-8-17/h5-8,10-11,15-16,18H,3-4,9,12-14H2,1-2H3/p+1/t15-,18+/m0/s1. The number of rotatable bonds is 8. The predicted molar refractivity (Wildman–Crippen MR) is 111 cm³/mol. The lowest BCUT2D eigenvalue weighted by Crippen LogP contribution is -2.52. The van der Waals surface area contributed by atoms with Gasteiger partial charge in [-0.3, -0.25) is 14.5 Å². The maximum atomic E-state index is 14.7. The van der Waals surface area contributed by atoms with Crippen LogP contribution in [0.25, 0.3) is 0 Å². The van der Waals surface area contributed by atoms with Crippen molar-refractivity contribution in [3.05, 3.63) is 42.2 Å². The molecule has 1 saturated carbocycles. The van der Waals surface area contributed by atoms with Crippen LogP contribution in [0.2, 0.25) is 0 Å². The molecule has 1 saturated heterocycles. The normalized spacial score (nSPS) is 21.6. The van der Waals surface area contributed by atoms with E-state index in [9.17, 15) is 13.6 Å². The number of anilines is 1. The molecule has 1 N–H and O–H groups in total. The summed E-state index contributed by atoms with van der Waals surface area (Å²) in [7, 11) is 1.50. The van der Waals surface area contributed by atoms with E-state index in [1.165, 1.54) is 24.7 Å². The van der Waals surface area contributed by atoms with E-state index in [1.807, 2.05) is 0 Å². The summed E-state index contributed by atoms with van der Waals surface area (Å²) in [4.78, 5) is 19.6. The lowest BCUT2D eigenvalue weighted by atomic mass is 9.87. The van der Waals surface area contributed by atoms with Crippen LogP contribution >= 0.6 is 0 Å². The van der Waals surface area contributed by atoms with Crippen molar-refractivity contribution in [3.63, 3.8) is 0 Å². The van der Waals surface area contributed by atoms with Gasteiger partial charge in [0.25, 0.3) is 5.92 Å². The molecule has 3 heterocycles. The van der Waals surface area contributed by atoms with Gasteiger partial charge >= 0.3 is 0 Å². The number of likely N-dealkylation sites (tertiary alicyclic amines) is 1. The number of carbonyl (C=O) groups excluding carboxylic acids is 1. The Balaban J connectivity index is 1.37. The van der Waals surface area contributed by atoms with Gasteiger partial charge in [-0.25, -0.2) is 8.78 Å². The summed E-state index contributed by atoms with van der Waals surface area (Å²) in [6, 6.07) is 5.93. The Labute approximate surface area is 185 Å². The zero-order valence-electron chi connectivity index (χ0n) is 18.2. The van der Waals surface area contributed by atoms with Crippen molar-refractivity contribution in [2.45, 2.75) is 44.1 Å². The SMILES string of the molecule is CO[n+]1ccc([C@H]2CN([C@@H](C)C(=O)Nc3ccc(OCC4CC4)nn3)CCC2(F)F)cc1. The topological polar surface area (TPSA) is 80.5 Å². The maximum Gasteiger partial charge on any atom is 0.257 e. The van der Waals surface area contributed by atoms with Gasteiger partial charge < -0.3 is 10.1 Å². The summed E-state index contributed by atoms with van der Waals surface area (Å²) in [5, 5.41) is 10.7. The molecule has 0 radical (unpaired) electrons. The van der Waals surface area contributed by atoms with Crippen molar-refractivity contribution in [2.75, 3.05) is 32.1 Å². The minimum atomic E-state index is -2.85. The fraction of sp³-hybridized carbons (Fsp3) is 0.545. The molecule has 2 fully saturated rings. The number of aromatic nitrogens is 3. The highest BCUT2D eigenvalue weighted by Gasteiger charge is 2.46. The number of ether oxygens (including phenoxy) is 1. The van der Waals surface area contributed by atoms with Gasteiger partial charge in [0.15, 0.2) is 5.82 Å². The summed E-state index contributed by atoms with van der Waals surface area (Å²) < 4.78 is 36.3. The van der Waals surface area contributed by atoms with Crippen LogP contribution < -0.4 is 19.6 Å². The third-order valence-electron chi connectivity index (χ3n) is 6.08. The van der Waals surface area contributed by atoms with Gasteiger partial charge in [-0.05, 0) is 37.3 Å². The van der Waals surface area contributed by atoms with Crippen LogP contribution in [-0.4, -0.2) is 59.8 Å². The van der Waals surface area contributed by atoms with Gasteiger partial charge in [0.1, 0.15) is 7.11 Å². The third-order valence-corrected chi connectivity index (χ3v) is 6.08. The molecule has 1 aliphatic carbocycles. The zero-order valence-corrected chi connectivity index (χ0v) is 18.2. The van der Waals surface area contributed by atoms with Crippen LogP contribution in [-0.2, 0) is 4.79 Å². The average Bonchev–Trinajstić information content (AvgIpc) is 3.63. The Hall–Kier alpha value is -2.88. The van der Waals surface area contributed by atoms with E-state index in [0.717, 1.165) is 0 Å². The van der Waals surface area contributed by atoms with Crippen LogP contribution in [0.1, 0.15) is 37.7 Å². The summed E-state index contributed by atoms with van der Waals surface area (Å²) in [5.74, 6) is -2.86. The molecule has 0 unspecified atom stereocenters. The molecule has 0 aromatic carbocycles. The Morgan fingerprint density at radius 3 is 2.66 bits per heavy atom. The summed E-state index contributed by atoms with van der Waals surface area (Å²) in [6.07, 6.45) is 5.23. The van der Waals surface area contributed by atoms with Crippen molar-refractivity contribution in [1.82, 2.24) is 15.1 Å². The van der Waals surface area contributed by atoms with Crippen LogP contribution in [0.4, 0.5) is 14.6 Å². The van der Waals surface area contributed by atoms with Gasteiger partial charge in [0, 0.05) is 42.4 Å². The van der Waals surface area contributed by atoms with Gasteiger partial charge in [0.05, 0.1) is 18.6 Å². The van der Waals surface area contributed by atoms with Crippen LogP contribution in [0.15, 0.2) is 36.7 Å². The zero-order chi connectivity index (χ0) is 22.7. The minimum absolute atomic E-state index is 0.0677. The number of hydrogen-bond acceptors (Lipinski definition) is 6. The molecule has 2 aromatic heterocycles. The predicted octanol–water partition coefficient (Wildman–Crippen LogP) is 2.06. The first kappa shape index (κ1) is 22.3. The van der Waals surface area contributed by atoms with Crippen molar-refractivity contribution >= 4 is 11.7 Å². The quantitative estimate of drug-likeness (QED) is 0.623. The molecular formula is C22H28F2N5O3+. The molecule has 32 heavy (non-hydrogen) atoms. The van der Waals surface area contributed by atoms with Crippen LogP contribution in [0.5, 0.6) is 5.88 Å². The molecule has 2 aliphatic rings. The molecule has 4 rings (SSSR count). The van der Waals surface area contributed by atoms with Crippen molar-refractivity contribution in [2.24, 2.45) is 5.92 Å². The number of nitrogens with one attached hydrogen (secondary N) is 1.